The van der Waals surface area contributed by atoms with Crippen molar-refractivity contribution in [2.75, 3.05) is 13.1 Å². The molecular formula is C11H22N4O2. The van der Waals surface area contributed by atoms with Crippen molar-refractivity contribution >= 4 is 11.9 Å². The molecule has 1 atom stereocenters. The summed E-state index contributed by atoms with van der Waals surface area (Å²) in [6, 6.07) is -0.167. The van der Waals surface area contributed by atoms with Gasteiger partial charge in [-0.05, 0) is 26.2 Å². The van der Waals surface area contributed by atoms with Crippen molar-refractivity contribution in [2.24, 2.45) is 11.5 Å². The first-order valence-electron chi connectivity index (χ1n) is 6.01. The van der Waals surface area contributed by atoms with E-state index < -0.39 is 5.54 Å². The summed E-state index contributed by atoms with van der Waals surface area (Å²) in [5.74, 6) is -0.336. The van der Waals surface area contributed by atoms with Crippen LogP contribution in [0.1, 0.15) is 33.1 Å². The summed E-state index contributed by atoms with van der Waals surface area (Å²) < 4.78 is 0. The van der Waals surface area contributed by atoms with Gasteiger partial charge in [-0.25, -0.2) is 4.79 Å². The van der Waals surface area contributed by atoms with Crippen LogP contribution < -0.4 is 16.8 Å². The third-order valence-electron chi connectivity index (χ3n) is 3.58. The molecule has 6 nitrogen and oxygen atoms in total. The summed E-state index contributed by atoms with van der Waals surface area (Å²) in [4.78, 5) is 24.0. The number of hydrogen-bond acceptors (Lipinski definition) is 3. The van der Waals surface area contributed by atoms with Crippen molar-refractivity contribution in [3.63, 3.8) is 0 Å². The molecule has 3 amide bonds. The quantitative estimate of drug-likeness (QED) is 0.634. The van der Waals surface area contributed by atoms with Gasteiger partial charge in [-0.1, -0.05) is 6.92 Å². The average Bonchev–Trinajstić information content (AvgIpc) is 2.29. The monoisotopic (exact) mass is 242 g/mol. The van der Waals surface area contributed by atoms with Gasteiger partial charge >= 0.3 is 6.03 Å². The van der Waals surface area contributed by atoms with E-state index in [1.54, 1.807) is 4.90 Å². The lowest BCUT2D eigenvalue weighted by molar-refractivity contribution is -0.124. The van der Waals surface area contributed by atoms with Gasteiger partial charge in [0.2, 0.25) is 5.91 Å². The zero-order chi connectivity index (χ0) is 13.1. The van der Waals surface area contributed by atoms with Crippen LogP contribution in [0.5, 0.6) is 0 Å². The Balaban J connectivity index is 2.50. The highest BCUT2D eigenvalue weighted by molar-refractivity contribution is 5.84. The molecule has 0 radical (unpaired) electrons. The highest BCUT2D eigenvalue weighted by Crippen LogP contribution is 2.16. The normalized spacial score (nSPS) is 20.9. The fourth-order valence-electron chi connectivity index (χ4n) is 2.04. The second-order valence-electron chi connectivity index (χ2n) is 4.79. The molecule has 0 aromatic carbocycles. The fraction of sp³-hybridized carbons (Fsp3) is 0.818. The molecule has 0 aromatic heterocycles. The molecule has 0 aliphatic carbocycles. The first kappa shape index (κ1) is 13.8. The third kappa shape index (κ3) is 3.33. The van der Waals surface area contributed by atoms with E-state index in [9.17, 15) is 9.59 Å². The maximum atomic E-state index is 11.4. The zero-order valence-electron chi connectivity index (χ0n) is 10.5. The number of piperidine rings is 1. The van der Waals surface area contributed by atoms with Crippen LogP contribution >= 0.6 is 0 Å². The SMILES string of the molecule is CCC(C)(NC1CCN(C(N)=O)CC1)C(N)=O. The predicted molar refractivity (Wildman–Crippen MR) is 65.2 cm³/mol. The first-order chi connectivity index (χ1) is 7.89. The Bertz CT molecular complexity index is 300. The Morgan fingerprint density at radius 3 is 2.24 bits per heavy atom. The minimum absolute atomic E-state index is 0.211. The minimum atomic E-state index is -0.667. The molecular weight excluding hydrogens is 220 g/mol. The molecule has 0 saturated carbocycles. The van der Waals surface area contributed by atoms with Crippen molar-refractivity contribution in [2.45, 2.75) is 44.7 Å². The number of rotatable bonds is 4. The Labute approximate surface area is 102 Å². The molecule has 1 unspecified atom stereocenters. The predicted octanol–water partition coefficient (Wildman–Crippen LogP) is -0.227. The van der Waals surface area contributed by atoms with E-state index in [1.165, 1.54) is 0 Å². The number of carbonyl (C=O) groups is 2. The van der Waals surface area contributed by atoms with Gasteiger partial charge in [0.15, 0.2) is 0 Å². The van der Waals surface area contributed by atoms with E-state index >= 15 is 0 Å². The van der Waals surface area contributed by atoms with Gasteiger partial charge in [0.1, 0.15) is 0 Å². The van der Waals surface area contributed by atoms with E-state index in [2.05, 4.69) is 5.32 Å². The van der Waals surface area contributed by atoms with E-state index in [1.807, 2.05) is 13.8 Å². The van der Waals surface area contributed by atoms with Crippen molar-refractivity contribution in [1.29, 1.82) is 0 Å². The second kappa shape index (κ2) is 5.35. The van der Waals surface area contributed by atoms with Crippen molar-refractivity contribution in [1.82, 2.24) is 10.2 Å². The van der Waals surface area contributed by atoms with Gasteiger partial charge in [-0.15, -0.1) is 0 Å². The van der Waals surface area contributed by atoms with Crippen LogP contribution in [0.25, 0.3) is 0 Å². The summed E-state index contributed by atoms with van der Waals surface area (Å²) in [5, 5.41) is 3.29. The highest BCUT2D eigenvalue weighted by atomic mass is 16.2. The highest BCUT2D eigenvalue weighted by Gasteiger charge is 2.33. The van der Waals surface area contributed by atoms with Crippen LogP contribution in [0.3, 0.4) is 0 Å². The second-order valence-corrected chi connectivity index (χ2v) is 4.79. The molecule has 5 N–H and O–H groups in total. The zero-order valence-corrected chi connectivity index (χ0v) is 10.5. The summed E-state index contributed by atoms with van der Waals surface area (Å²) in [7, 11) is 0. The molecule has 17 heavy (non-hydrogen) atoms. The number of hydrogen-bond donors (Lipinski definition) is 3. The lowest BCUT2D eigenvalue weighted by Crippen LogP contribution is -2.58. The first-order valence-corrected chi connectivity index (χ1v) is 6.01. The van der Waals surface area contributed by atoms with Gasteiger partial charge in [-0.2, -0.15) is 0 Å². The van der Waals surface area contributed by atoms with E-state index in [-0.39, 0.29) is 18.0 Å². The molecule has 1 aliphatic heterocycles. The molecule has 1 aliphatic rings. The molecule has 6 heteroatoms. The summed E-state index contributed by atoms with van der Waals surface area (Å²) in [5.41, 5.74) is 9.93. The third-order valence-corrected chi connectivity index (χ3v) is 3.58. The number of nitrogens with zero attached hydrogens (tertiary/aromatic N) is 1. The summed E-state index contributed by atoms with van der Waals surface area (Å²) in [6.45, 7) is 5.00. The van der Waals surface area contributed by atoms with Crippen molar-refractivity contribution in [3.05, 3.63) is 0 Å². The minimum Gasteiger partial charge on any atom is -0.368 e. The molecule has 0 aromatic rings. The van der Waals surface area contributed by atoms with Gasteiger partial charge in [0.05, 0.1) is 5.54 Å². The Kier molecular flexibility index (Phi) is 4.34. The molecule has 1 fully saturated rings. The standard InChI is InChI=1S/C11H22N4O2/c1-3-11(2,9(12)16)14-8-4-6-15(7-5-8)10(13)17/h8,14H,3-7H2,1-2H3,(H2,12,16)(H2,13,17). The van der Waals surface area contributed by atoms with E-state index in [4.69, 9.17) is 11.5 Å². The van der Waals surface area contributed by atoms with Crippen molar-refractivity contribution in [3.8, 4) is 0 Å². The van der Waals surface area contributed by atoms with Gasteiger partial charge in [0, 0.05) is 19.1 Å². The largest absolute Gasteiger partial charge is 0.368 e. The molecule has 1 heterocycles. The van der Waals surface area contributed by atoms with Crippen LogP contribution in [0.2, 0.25) is 0 Å². The van der Waals surface area contributed by atoms with Crippen LogP contribution in [0.4, 0.5) is 4.79 Å². The Morgan fingerprint density at radius 1 is 1.35 bits per heavy atom. The van der Waals surface area contributed by atoms with Crippen molar-refractivity contribution < 1.29 is 9.59 Å². The molecule has 1 saturated heterocycles. The number of urea groups is 1. The molecule has 1 rings (SSSR count). The molecule has 0 spiro atoms. The lowest BCUT2D eigenvalue weighted by Gasteiger charge is -2.36. The van der Waals surface area contributed by atoms with Gasteiger partial charge < -0.3 is 21.7 Å². The Hall–Kier alpha value is -1.30. The van der Waals surface area contributed by atoms with E-state index in [0.717, 1.165) is 12.8 Å². The van der Waals surface area contributed by atoms with Crippen LogP contribution in [-0.4, -0.2) is 41.5 Å². The maximum absolute atomic E-state index is 11.4. The van der Waals surface area contributed by atoms with Crippen LogP contribution in [0, 0.1) is 0 Å². The van der Waals surface area contributed by atoms with E-state index in [0.29, 0.717) is 19.5 Å². The number of nitrogens with two attached hydrogens (primary N) is 2. The number of carbonyl (C=O) groups excluding carboxylic acids is 2. The lowest BCUT2D eigenvalue weighted by atomic mass is 9.94. The Morgan fingerprint density at radius 2 is 1.88 bits per heavy atom. The summed E-state index contributed by atoms with van der Waals surface area (Å²) >= 11 is 0. The topological polar surface area (TPSA) is 101 Å². The molecule has 98 valence electrons. The fourth-order valence-corrected chi connectivity index (χ4v) is 2.04. The van der Waals surface area contributed by atoms with Crippen LogP contribution in [0.15, 0.2) is 0 Å². The van der Waals surface area contributed by atoms with Gasteiger partial charge in [0.25, 0.3) is 0 Å². The maximum Gasteiger partial charge on any atom is 0.314 e. The molecule has 0 bridgehead atoms. The smallest absolute Gasteiger partial charge is 0.314 e. The summed E-state index contributed by atoms with van der Waals surface area (Å²) in [6.07, 6.45) is 2.25. The number of nitrogens with one attached hydrogen (secondary N) is 1. The number of likely N-dealkylation sites (tertiary alicyclic amines) is 1. The number of primary amides is 2. The number of amides is 3. The van der Waals surface area contributed by atoms with Gasteiger partial charge in [-0.3, -0.25) is 4.79 Å². The average molecular weight is 242 g/mol. The van der Waals surface area contributed by atoms with Crippen LogP contribution in [-0.2, 0) is 4.79 Å².